The van der Waals surface area contributed by atoms with Crippen molar-refractivity contribution in [3.05, 3.63) is 54.1 Å². The van der Waals surface area contributed by atoms with Crippen LogP contribution in [0, 0.1) is 5.92 Å². The molecule has 28 heavy (non-hydrogen) atoms. The second-order valence-corrected chi connectivity index (χ2v) is 6.52. The van der Waals surface area contributed by atoms with Gasteiger partial charge in [-0.3, -0.25) is 20.4 Å². The van der Waals surface area contributed by atoms with Crippen LogP contribution in [0.3, 0.4) is 0 Å². The summed E-state index contributed by atoms with van der Waals surface area (Å²) in [5.74, 6) is 1.59. The first-order valence-electron chi connectivity index (χ1n) is 9.07. The van der Waals surface area contributed by atoms with E-state index in [0.717, 1.165) is 6.42 Å². The van der Waals surface area contributed by atoms with Crippen LogP contribution in [0.2, 0.25) is 0 Å². The van der Waals surface area contributed by atoms with Crippen LogP contribution >= 0.6 is 0 Å². The SMILES string of the molecule is COc1ccc(OCC(=O)NNC(=O)c2ccc(OCCC(C)C)cc2)cc1. The first kappa shape index (κ1) is 21.1. The third kappa shape index (κ3) is 7.19. The quantitative estimate of drug-likeness (QED) is 0.647. The summed E-state index contributed by atoms with van der Waals surface area (Å²) in [4.78, 5) is 23.9. The van der Waals surface area contributed by atoms with Crippen LogP contribution in [-0.2, 0) is 4.79 Å². The molecule has 0 bridgehead atoms. The number of methoxy groups -OCH3 is 1. The Hall–Kier alpha value is -3.22. The number of nitrogens with one attached hydrogen (secondary N) is 2. The summed E-state index contributed by atoms with van der Waals surface area (Å²) in [6, 6.07) is 13.6. The molecule has 0 aromatic heterocycles. The molecule has 0 aliphatic rings. The van der Waals surface area contributed by atoms with Crippen molar-refractivity contribution in [3.63, 3.8) is 0 Å². The van der Waals surface area contributed by atoms with Crippen molar-refractivity contribution in [2.24, 2.45) is 5.92 Å². The van der Waals surface area contributed by atoms with Gasteiger partial charge in [0, 0.05) is 5.56 Å². The maximum atomic E-state index is 12.1. The standard InChI is InChI=1S/C21H26N2O5/c1-15(2)12-13-27-18-6-4-16(5-7-18)21(25)23-22-20(24)14-28-19-10-8-17(26-3)9-11-19/h4-11,15H,12-14H2,1-3H3,(H,22,24)(H,23,25). The topological polar surface area (TPSA) is 85.9 Å². The summed E-state index contributed by atoms with van der Waals surface area (Å²) < 4.78 is 16.0. The largest absolute Gasteiger partial charge is 0.497 e. The number of rotatable bonds is 9. The molecule has 7 nitrogen and oxygen atoms in total. The molecule has 2 rings (SSSR count). The lowest BCUT2D eigenvalue weighted by Gasteiger charge is -2.10. The third-order valence-electron chi connectivity index (χ3n) is 3.83. The number of carbonyl (C=O) groups excluding carboxylic acids is 2. The molecule has 2 aromatic carbocycles. The number of hydrazine groups is 1. The fourth-order valence-electron chi connectivity index (χ4n) is 2.17. The summed E-state index contributed by atoms with van der Waals surface area (Å²) in [6.45, 7) is 4.67. The van der Waals surface area contributed by atoms with Crippen LogP contribution in [0.15, 0.2) is 48.5 Å². The van der Waals surface area contributed by atoms with Gasteiger partial charge in [0.05, 0.1) is 13.7 Å². The second-order valence-electron chi connectivity index (χ2n) is 6.52. The van der Waals surface area contributed by atoms with Gasteiger partial charge in [-0.2, -0.15) is 0 Å². The summed E-state index contributed by atoms with van der Waals surface area (Å²) in [7, 11) is 1.57. The molecule has 0 heterocycles. The maximum Gasteiger partial charge on any atom is 0.276 e. The summed E-state index contributed by atoms with van der Waals surface area (Å²) >= 11 is 0. The van der Waals surface area contributed by atoms with Crippen LogP contribution in [0.4, 0.5) is 0 Å². The average molecular weight is 386 g/mol. The Labute approximate surface area is 165 Å². The highest BCUT2D eigenvalue weighted by Gasteiger charge is 2.08. The molecular weight excluding hydrogens is 360 g/mol. The van der Waals surface area contributed by atoms with Gasteiger partial charge in [0.2, 0.25) is 0 Å². The van der Waals surface area contributed by atoms with E-state index in [1.54, 1.807) is 55.6 Å². The number of ether oxygens (including phenoxy) is 3. The zero-order valence-electron chi connectivity index (χ0n) is 16.4. The molecule has 150 valence electrons. The van der Waals surface area contributed by atoms with Gasteiger partial charge in [0.15, 0.2) is 6.61 Å². The average Bonchev–Trinajstić information content (AvgIpc) is 2.71. The summed E-state index contributed by atoms with van der Waals surface area (Å²) in [5.41, 5.74) is 5.08. The first-order valence-corrected chi connectivity index (χ1v) is 9.07. The molecule has 0 saturated carbocycles. The van der Waals surface area contributed by atoms with Gasteiger partial charge < -0.3 is 14.2 Å². The number of carbonyl (C=O) groups is 2. The smallest absolute Gasteiger partial charge is 0.276 e. The lowest BCUT2D eigenvalue weighted by atomic mass is 10.1. The second kappa shape index (κ2) is 10.8. The fourth-order valence-corrected chi connectivity index (χ4v) is 2.17. The van der Waals surface area contributed by atoms with E-state index >= 15 is 0 Å². The van der Waals surface area contributed by atoms with Crippen LogP contribution in [-0.4, -0.2) is 32.1 Å². The number of benzene rings is 2. The molecule has 0 fully saturated rings. The Bertz CT molecular complexity index is 757. The van der Waals surface area contributed by atoms with E-state index < -0.39 is 11.8 Å². The van der Waals surface area contributed by atoms with Gasteiger partial charge in [-0.05, 0) is 60.9 Å². The summed E-state index contributed by atoms with van der Waals surface area (Å²) in [6.07, 6.45) is 0.965. The Kier molecular flexibility index (Phi) is 8.14. The predicted octanol–water partition coefficient (Wildman–Crippen LogP) is 2.96. The summed E-state index contributed by atoms with van der Waals surface area (Å²) in [5, 5.41) is 0. The molecule has 2 amide bonds. The molecular formula is C21H26N2O5. The molecule has 2 aromatic rings. The molecule has 2 N–H and O–H groups in total. The van der Waals surface area contributed by atoms with Gasteiger partial charge in [-0.1, -0.05) is 13.8 Å². The zero-order valence-corrected chi connectivity index (χ0v) is 16.4. The Balaban J connectivity index is 1.72. The van der Waals surface area contributed by atoms with Crippen molar-refractivity contribution in [2.45, 2.75) is 20.3 Å². The van der Waals surface area contributed by atoms with E-state index in [9.17, 15) is 9.59 Å². The lowest BCUT2D eigenvalue weighted by molar-refractivity contribution is -0.123. The minimum atomic E-state index is -0.474. The minimum absolute atomic E-state index is 0.227. The molecule has 0 aliphatic carbocycles. The number of hydrogen-bond acceptors (Lipinski definition) is 5. The van der Waals surface area contributed by atoms with Gasteiger partial charge in [-0.25, -0.2) is 0 Å². The number of hydrogen-bond donors (Lipinski definition) is 2. The van der Waals surface area contributed by atoms with Crippen molar-refractivity contribution in [2.75, 3.05) is 20.3 Å². The highest BCUT2D eigenvalue weighted by molar-refractivity contribution is 5.95. The monoisotopic (exact) mass is 386 g/mol. The molecule has 0 aliphatic heterocycles. The van der Waals surface area contributed by atoms with E-state index in [1.807, 2.05) is 0 Å². The Morgan fingerprint density at radius 3 is 2.04 bits per heavy atom. The van der Waals surface area contributed by atoms with Crippen molar-refractivity contribution in [3.8, 4) is 17.2 Å². The highest BCUT2D eigenvalue weighted by Crippen LogP contribution is 2.16. The fraction of sp³-hybridized carbons (Fsp3) is 0.333. The van der Waals surface area contributed by atoms with E-state index in [1.165, 1.54) is 0 Å². The maximum absolute atomic E-state index is 12.1. The molecule has 0 spiro atoms. The zero-order chi connectivity index (χ0) is 20.4. The predicted molar refractivity (Wildman–Crippen MR) is 105 cm³/mol. The van der Waals surface area contributed by atoms with E-state index in [4.69, 9.17) is 14.2 Å². The van der Waals surface area contributed by atoms with Crippen LogP contribution in [0.5, 0.6) is 17.2 Å². The van der Waals surface area contributed by atoms with Gasteiger partial charge >= 0.3 is 0 Å². The van der Waals surface area contributed by atoms with Gasteiger partial charge in [0.25, 0.3) is 11.8 Å². The van der Waals surface area contributed by atoms with Crippen molar-refractivity contribution in [1.29, 1.82) is 0 Å². The highest BCUT2D eigenvalue weighted by atomic mass is 16.5. The Morgan fingerprint density at radius 1 is 0.857 bits per heavy atom. The normalized spacial score (nSPS) is 10.3. The molecule has 0 saturated heterocycles. The first-order chi connectivity index (χ1) is 13.5. The van der Waals surface area contributed by atoms with Crippen LogP contribution in [0.1, 0.15) is 30.6 Å². The minimum Gasteiger partial charge on any atom is -0.497 e. The van der Waals surface area contributed by atoms with Crippen molar-refractivity contribution < 1.29 is 23.8 Å². The third-order valence-corrected chi connectivity index (χ3v) is 3.83. The van der Waals surface area contributed by atoms with Crippen LogP contribution in [0.25, 0.3) is 0 Å². The Morgan fingerprint density at radius 2 is 1.43 bits per heavy atom. The van der Waals surface area contributed by atoms with E-state index in [2.05, 4.69) is 24.7 Å². The van der Waals surface area contributed by atoms with Crippen molar-refractivity contribution in [1.82, 2.24) is 10.9 Å². The van der Waals surface area contributed by atoms with Gasteiger partial charge in [0.1, 0.15) is 17.2 Å². The van der Waals surface area contributed by atoms with Gasteiger partial charge in [-0.15, -0.1) is 0 Å². The van der Waals surface area contributed by atoms with E-state index in [-0.39, 0.29) is 6.61 Å². The van der Waals surface area contributed by atoms with Crippen molar-refractivity contribution >= 4 is 11.8 Å². The van der Waals surface area contributed by atoms with E-state index in [0.29, 0.717) is 35.3 Å². The van der Waals surface area contributed by atoms with Crippen LogP contribution < -0.4 is 25.1 Å². The molecule has 0 radical (unpaired) electrons. The lowest BCUT2D eigenvalue weighted by Crippen LogP contribution is -2.43. The molecule has 0 atom stereocenters. The number of amides is 2. The molecule has 0 unspecified atom stereocenters. The molecule has 7 heteroatoms.